The first-order valence-corrected chi connectivity index (χ1v) is 10.5. The molecule has 2 heterocycles. The summed E-state index contributed by atoms with van der Waals surface area (Å²) in [5.41, 5.74) is 6.39. The second kappa shape index (κ2) is 9.45. The lowest BCUT2D eigenvalue weighted by atomic mass is 10.1. The molecule has 4 rings (SSSR count). The molecule has 0 spiro atoms. The second-order valence-electron chi connectivity index (χ2n) is 7.36. The van der Waals surface area contributed by atoms with Gasteiger partial charge in [0.2, 0.25) is 5.82 Å². The molecule has 2 aromatic carbocycles. The number of nitrogens with two attached hydrogens (primary N) is 1. The van der Waals surface area contributed by atoms with E-state index in [1.807, 2.05) is 0 Å². The third-order valence-corrected chi connectivity index (χ3v) is 5.41. The summed E-state index contributed by atoms with van der Waals surface area (Å²) >= 11 is 5.86. The van der Waals surface area contributed by atoms with Crippen molar-refractivity contribution in [2.24, 2.45) is 5.73 Å². The Morgan fingerprint density at radius 2 is 2.06 bits per heavy atom. The molecule has 1 amide bonds. The number of benzene rings is 2. The van der Waals surface area contributed by atoms with E-state index in [4.69, 9.17) is 22.1 Å². The van der Waals surface area contributed by atoms with Gasteiger partial charge in [-0.15, -0.1) is 0 Å². The number of primary amides is 1. The fourth-order valence-corrected chi connectivity index (χ4v) is 3.70. The largest absolute Gasteiger partial charge is 0.492 e. The molecule has 1 aromatic heterocycles. The predicted octanol–water partition coefficient (Wildman–Crippen LogP) is 3.93. The predicted molar refractivity (Wildman–Crippen MR) is 117 cm³/mol. The standard InChI is InChI=1S/C22H22ClFN5O2/c23-17-12-14(4-7-18(17)24)26-21-16-6-5-15(13-19(16)27-22(28-21)20(25)30)31-11-10-29-8-2-1-3-9-29/h4,6-7,12-13H,1-3,8-11H2,(H2,25,30)(H,26,27,28). The van der Waals surface area contributed by atoms with E-state index in [0.717, 1.165) is 19.6 Å². The highest BCUT2D eigenvalue weighted by molar-refractivity contribution is 6.31. The van der Waals surface area contributed by atoms with Crippen LogP contribution >= 0.6 is 11.6 Å². The van der Waals surface area contributed by atoms with E-state index >= 15 is 0 Å². The lowest BCUT2D eigenvalue weighted by Gasteiger charge is -2.26. The van der Waals surface area contributed by atoms with E-state index in [-0.39, 0.29) is 10.8 Å². The summed E-state index contributed by atoms with van der Waals surface area (Å²) in [4.78, 5) is 22.6. The van der Waals surface area contributed by atoms with Gasteiger partial charge in [0.15, 0.2) is 0 Å². The summed E-state index contributed by atoms with van der Waals surface area (Å²) in [5, 5.41) is 3.61. The van der Waals surface area contributed by atoms with E-state index < -0.39 is 11.7 Å². The number of carbonyl (C=O) groups excluding carboxylic acids is 1. The second-order valence-corrected chi connectivity index (χ2v) is 7.77. The van der Waals surface area contributed by atoms with Crippen molar-refractivity contribution in [2.75, 3.05) is 31.6 Å². The number of nitrogens with one attached hydrogen (secondary N) is 1. The van der Waals surface area contributed by atoms with Gasteiger partial charge in [-0.2, -0.15) is 0 Å². The summed E-state index contributed by atoms with van der Waals surface area (Å²) in [6.45, 7) is 3.58. The zero-order valence-corrected chi connectivity index (χ0v) is 17.6. The molecule has 0 atom stereocenters. The van der Waals surface area contributed by atoms with Crippen LogP contribution in [0.15, 0.2) is 30.3 Å². The molecule has 7 nitrogen and oxygen atoms in total. The monoisotopic (exact) mass is 442 g/mol. The van der Waals surface area contributed by atoms with Crippen LogP contribution in [0.4, 0.5) is 15.9 Å². The average Bonchev–Trinajstić information content (AvgIpc) is 2.76. The first-order valence-electron chi connectivity index (χ1n) is 10.1. The fourth-order valence-electron chi connectivity index (χ4n) is 3.52. The Kier molecular flexibility index (Phi) is 6.48. The molecule has 3 N–H and O–H groups in total. The minimum atomic E-state index is -0.762. The van der Waals surface area contributed by atoms with Gasteiger partial charge in [-0.1, -0.05) is 18.0 Å². The van der Waals surface area contributed by atoms with Crippen molar-refractivity contribution in [1.82, 2.24) is 14.9 Å². The number of nitrogens with zero attached hydrogens (tertiary/aromatic N) is 3. The van der Waals surface area contributed by atoms with Crippen LogP contribution in [0.3, 0.4) is 0 Å². The molecule has 1 aliphatic heterocycles. The van der Waals surface area contributed by atoms with Gasteiger partial charge >= 0.3 is 0 Å². The number of amides is 1. The molecule has 0 saturated carbocycles. The zero-order valence-electron chi connectivity index (χ0n) is 16.8. The maximum atomic E-state index is 13.5. The van der Waals surface area contributed by atoms with Crippen LogP contribution in [0.1, 0.15) is 29.9 Å². The highest BCUT2D eigenvalue weighted by atomic mass is 35.5. The number of fused-ring (bicyclic) bond motifs is 1. The van der Waals surface area contributed by atoms with E-state index in [1.54, 1.807) is 12.1 Å². The fraction of sp³-hybridized carbons (Fsp3) is 0.318. The van der Waals surface area contributed by atoms with Gasteiger partial charge in [0.05, 0.1) is 10.5 Å². The molecule has 161 valence electrons. The molecule has 1 saturated heterocycles. The molecule has 0 bridgehead atoms. The summed E-state index contributed by atoms with van der Waals surface area (Å²) in [6, 6.07) is 10.6. The van der Waals surface area contributed by atoms with Crippen molar-refractivity contribution in [1.29, 1.82) is 0 Å². The topological polar surface area (TPSA) is 93.4 Å². The molecule has 1 aliphatic rings. The maximum absolute atomic E-state index is 13.5. The SMILES string of the molecule is NC(=O)c1nc(Nc2ccc(F)c(Cl)c2)c2c[c]c(OCCN3CCCCC3)cc2n1. The van der Waals surface area contributed by atoms with E-state index in [2.05, 4.69) is 26.3 Å². The number of carbonyl (C=O) groups is 1. The van der Waals surface area contributed by atoms with Crippen molar-refractivity contribution in [3.05, 3.63) is 53.1 Å². The highest BCUT2D eigenvalue weighted by Gasteiger charge is 2.14. The number of aromatic nitrogens is 2. The molecule has 0 aliphatic carbocycles. The van der Waals surface area contributed by atoms with Crippen LogP contribution in [-0.4, -0.2) is 47.0 Å². The summed E-state index contributed by atoms with van der Waals surface area (Å²) < 4.78 is 19.3. The van der Waals surface area contributed by atoms with Crippen LogP contribution < -0.4 is 15.8 Å². The van der Waals surface area contributed by atoms with E-state index in [1.165, 1.54) is 37.5 Å². The number of rotatable bonds is 7. The quantitative estimate of drug-likeness (QED) is 0.576. The molecule has 0 unspecified atom stereocenters. The molecule has 1 radical (unpaired) electrons. The average molecular weight is 443 g/mol. The highest BCUT2D eigenvalue weighted by Crippen LogP contribution is 2.28. The van der Waals surface area contributed by atoms with Gasteiger partial charge in [0, 0.05) is 29.8 Å². The molecular formula is C22H22ClFN5O2. The number of likely N-dealkylation sites (tertiary alicyclic amines) is 1. The molecule has 3 aromatic rings. The van der Waals surface area contributed by atoms with Crippen molar-refractivity contribution in [3.8, 4) is 5.75 Å². The number of hydrogen-bond acceptors (Lipinski definition) is 6. The lowest BCUT2D eigenvalue weighted by Crippen LogP contribution is -2.33. The number of halogens is 2. The number of anilines is 2. The van der Waals surface area contributed by atoms with Gasteiger partial charge in [-0.05, 0) is 50.2 Å². The third-order valence-electron chi connectivity index (χ3n) is 5.12. The summed E-state index contributed by atoms with van der Waals surface area (Å²) in [5.74, 6) is -0.583. The van der Waals surface area contributed by atoms with Crippen molar-refractivity contribution in [2.45, 2.75) is 19.3 Å². The van der Waals surface area contributed by atoms with Gasteiger partial charge in [-0.25, -0.2) is 14.4 Å². The Morgan fingerprint density at radius 3 is 2.81 bits per heavy atom. The van der Waals surface area contributed by atoms with Crippen LogP contribution in [0.25, 0.3) is 10.9 Å². The van der Waals surface area contributed by atoms with Crippen LogP contribution in [0.5, 0.6) is 5.75 Å². The minimum absolute atomic E-state index is 0.0329. The number of hydrogen-bond donors (Lipinski definition) is 2. The Morgan fingerprint density at radius 1 is 1.26 bits per heavy atom. The Hall–Kier alpha value is -2.97. The Labute approximate surface area is 184 Å². The van der Waals surface area contributed by atoms with Gasteiger partial charge in [-0.3, -0.25) is 9.69 Å². The minimum Gasteiger partial charge on any atom is -0.492 e. The lowest BCUT2D eigenvalue weighted by molar-refractivity contribution is 0.0991. The van der Waals surface area contributed by atoms with Crippen molar-refractivity contribution in [3.63, 3.8) is 0 Å². The summed E-state index contributed by atoms with van der Waals surface area (Å²) in [6.07, 6.45) is 3.74. The van der Waals surface area contributed by atoms with Gasteiger partial charge < -0.3 is 15.8 Å². The maximum Gasteiger partial charge on any atom is 0.286 e. The molecule has 31 heavy (non-hydrogen) atoms. The molecule has 9 heteroatoms. The van der Waals surface area contributed by atoms with Gasteiger partial charge in [0.25, 0.3) is 5.91 Å². The zero-order chi connectivity index (χ0) is 21.8. The van der Waals surface area contributed by atoms with E-state index in [9.17, 15) is 9.18 Å². The molecule has 1 fully saturated rings. The van der Waals surface area contributed by atoms with Crippen LogP contribution in [0.2, 0.25) is 5.02 Å². The number of piperidine rings is 1. The van der Waals surface area contributed by atoms with E-state index in [0.29, 0.717) is 34.8 Å². The van der Waals surface area contributed by atoms with Crippen LogP contribution in [0, 0.1) is 11.9 Å². The summed E-state index contributed by atoms with van der Waals surface area (Å²) in [7, 11) is 0. The smallest absolute Gasteiger partial charge is 0.286 e. The normalized spacial score (nSPS) is 14.5. The van der Waals surface area contributed by atoms with Crippen molar-refractivity contribution < 1.29 is 13.9 Å². The Bertz CT molecular complexity index is 1100. The molecular weight excluding hydrogens is 421 g/mol. The first kappa shape index (κ1) is 21.3. The first-order chi connectivity index (χ1) is 15.0. The third kappa shape index (κ3) is 5.21. The van der Waals surface area contributed by atoms with Crippen LogP contribution in [-0.2, 0) is 0 Å². The number of ether oxygens (including phenoxy) is 1. The Balaban J connectivity index is 1.57. The van der Waals surface area contributed by atoms with Crippen molar-refractivity contribution >= 4 is 39.9 Å². The van der Waals surface area contributed by atoms with Gasteiger partial charge in [0.1, 0.15) is 24.0 Å².